The molecule has 1 heterocycles. The number of aromatic nitrogens is 1. The van der Waals surface area contributed by atoms with E-state index in [1.807, 2.05) is 19.1 Å². The second-order valence-corrected chi connectivity index (χ2v) is 2.43. The Morgan fingerprint density at radius 2 is 2.50 bits per heavy atom. The van der Waals surface area contributed by atoms with Crippen LogP contribution in [0.2, 0.25) is 0 Å². The van der Waals surface area contributed by atoms with E-state index in [0.717, 1.165) is 11.3 Å². The minimum absolute atomic E-state index is 0.266. The average molecular weight is 166 g/mol. The summed E-state index contributed by atoms with van der Waals surface area (Å²) in [6.07, 6.45) is 0.617. The maximum Gasteiger partial charge on any atom is 0.404 e. The molecule has 1 amide bonds. The quantitative estimate of drug-likeness (QED) is 0.692. The van der Waals surface area contributed by atoms with E-state index in [1.165, 1.54) is 0 Å². The Bertz CT molecular complexity index is 286. The van der Waals surface area contributed by atoms with Gasteiger partial charge < -0.3 is 10.4 Å². The van der Waals surface area contributed by atoms with Gasteiger partial charge in [-0.25, -0.2) is 4.79 Å². The number of carboxylic acid groups (broad SMARTS) is 1. The third-order valence-corrected chi connectivity index (χ3v) is 1.52. The lowest BCUT2D eigenvalue weighted by molar-refractivity contribution is 0.194. The highest BCUT2D eigenvalue weighted by molar-refractivity contribution is 5.64. The standard InChI is InChI=1S/C8H10N2O2/c1-6-3-2-4-9-7(6)5-10-8(11)12/h2-4,10H,5H2,1H3,(H,11,12). The fourth-order valence-corrected chi connectivity index (χ4v) is 0.863. The van der Waals surface area contributed by atoms with E-state index >= 15 is 0 Å². The minimum Gasteiger partial charge on any atom is -0.465 e. The Hall–Kier alpha value is -1.58. The number of amides is 1. The number of hydrogen-bond donors (Lipinski definition) is 2. The van der Waals surface area contributed by atoms with Gasteiger partial charge in [-0.15, -0.1) is 0 Å². The van der Waals surface area contributed by atoms with E-state index in [-0.39, 0.29) is 6.54 Å². The number of aryl methyl sites for hydroxylation is 1. The Kier molecular flexibility index (Phi) is 2.63. The van der Waals surface area contributed by atoms with Crippen LogP contribution in [0, 0.1) is 6.92 Å². The number of carbonyl (C=O) groups is 1. The summed E-state index contributed by atoms with van der Waals surface area (Å²) in [5.41, 5.74) is 1.76. The normalized spacial score (nSPS) is 9.42. The summed E-state index contributed by atoms with van der Waals surface area (Å²) >= 11 is 0. The zero-order valence-corrected chi connectivity index (χ0v) is 6.74. The molecule has 4 heteroatoms. The number of hydrogen-bond acceptors (Lipinski definition) is 2. The van der Waals surface area contributed by atoms with Gasteiger partial charge in [-0.05, 0) is 18.6 Å². The summed E-state index contributed by atoms with van der Waals surface area (Å²) in [5.74, 6) is 0. The third-order valence-electron chi connectivity index (χ3n) is 1.52. The largest absolute Gasteiger partial charge is 0.465 e. The van der Waals surface area contributed by atoms with Crippen molar-refractivity contribution in [2.45, 2.75) is 13.5 Å². The fourth-order valence-electron chi connectivity index (χ4n) is 0.863. The molecule has 0 radical (unpaired) electrons. The van der Waals surface area contributed by atoms with E-state index < -0.39 is 6.09 Å². The molecular weight excluding hydrogens is 156 g/mol. The predicted octanol–water partition coefficient (Wildman–Crippen LogP) is 1.16. The molecule has 1 aromatic heterocycles. The lowest BCUT2D eigenvalue weighted by Gasteiger charge is -2.02. The van der Waals surface area contributed by atoms with Gasteiger partial charge in [0.2, 0.25) is 0 Å². The fraction of sp³-hybridized carbons (Fsp3) is 0.250. The minimum atomic E-state index is -1.03. The highest BCUT2D eigenvalue weighted by Gasteiger charge is 1.99. The number of rotatable bonds is 2. The SMILES string of the molecule is Cc1cccnc1CNC(=O)O. The van der Waals surface area contributed by atoms with Crippen LogP contribution in [-0.4, -0.2) is 16.2 Å². The van der Waals surface area contributed by atoms with Crippen LogP contribution in [-0.2, 0) is 6.54 Å². The van der Waals surface area contributed by atoms with Crippen molar-refractivity contribution in [3.8, 4) is 0 Å². The van der Waals surface area contributed by atoms with E-state index in [9.17, 15) is 4.79 Å². The van der Waals surface area contributed by atoms with E-state index in [2.05, 4.69) is 10.3 Å². The smallest absolute Gasteiger partial charge is 0.404 e. The summed E-state index contributed by atoms with van der Waals surface area (Å²) < 4.78 is 0. The summed E-state index contributed by atoms with van der Waals surface area (Å²) in [6, 6.07) is 3.71. The first-order valence-electron chi connectivity index (χ1n) is 3.57. The first-order valence-corrected chi connectivity index (χ1v) is 3.57. The van der Waals surface area contributed by atoms with Crippen LogP contribution in [0.4, 0.5) is 4.79 Å². The van der Waals surface area contributed by atoms with Crippen molar-refractivity contribution in [2.75, 3.05) is 0 Å². The van der Waals surface area contributed by atoms with Crippen molar-refractivity contribution < 1.29 is 9.90 Å². The molecule has 12 heavy (non-hydrogen) atoms. The lowest BCUT2D eigenvalue weighted by Crippen LogP contribution is -2.21. The van der Waals surface area contributed by atoms with Crippen molar-refractivity contribution >= 4 is 6.09 Å². The first kappa shape index (κ1) is 8.52. The Balaban J connectivity index is 2.63. The Labute approximate surface area is 70.3 Å². The maximum absolute atomic E-state index is 10.1. The monoisotopic (exact) mass is 166 g/mol. The zero-order chi connectivity index (χ0) is 8.97. The van der Waals surface area contributed by atoms with Gasteiger partial charge in [0.15, 0.2) is 0 Å². The van der Waals surface area contributed by atoms with Crippen LogP contribution in [0.1, 0.15) is 11.3 Å². The van der Waals surface area contributed by atoms with E-state index in [1.54, 1.807) is 6.20 Å². The molecule has 0 atom stereocenters. The van der Waals surface area contributed by atoms with Crippen LogP contribution in [0.3, 0.4) is 0 Å². The second kappa shape index (κ2) is 3.71. The molecule has 0 unspecified atom stereocenters. The summed E-state index contributed by atoms with van der Waals surface area (Å²) in [4.78, 5) is 14.2. The molecule has 1 aromatic rings. The Morgan fingerprint density at radius 3 is 3.08 bits per heavy atom. The number of pyridine rings is 1. The molecule has 0 spiro atoms. The van der Waals surface area contributed by atoms with Gasteiger partial charge in [-0.3, -0.25) is 4.98 Å². The maximum atomic E-state index is 10.1. The van der Waals surface area contributed by atoms with Crippen LogP contribution >= 0.6 is 0 Å². The second-order valence-electron chi connectivity index (χ2n) is 2.43. The Morgan fingerprint density at radius 1 is 1.75 bits per heavy atom. The van der Waals surface area contributed by atoms with Crippen LogP contribution in [0.25, 0.3) is 0 Å². The van der Waals surface area contributed by atoms with Gasteiger partial charge >= 0.3 is 6.09 Å². The molecule has 1 rings (SSSR count). The molecule has 0 saturated heterocycles. The molecule has 0 aliphatic rings. The molecule has 0 saturated carbocycles. The average Bonchev–Trinajstić information content (AvgIpc) is 2.03. The van der Waals surface area contributed by atoms with Crippen molar-refractivity contribution in [1.82, 2.24) is 10.3 Å². The van der Waals surface area contributed by atoms with E-state index in [4.69, 9.17) is 5.11 Å². The molecule has 0 bridgehead atoms. The summed E-state index contributed by atoms with van der Waals surface area (Å²) in [5, 5.41) is 10.6. The van der Waals surface area contributed by atoms with Gasteiger partial charge in [-0.1, -0.05) is 6.07 Å². The van der Waals surface area contributed by atoms with Crippen molar-refractivity contribution in [1.29, 1.82) is 0 Å². The summed E-state index contributed by atoms with van der Waals surface area (Å²) in [6.45, 7) is 2.16. The molecule has 0 aliphatic heterocycles. The molecule has 0 aliphatic carbocycles. The highest BCUT2D eigenvalue weighted by atomic mass is 16.4. The molecular formula is C8H10N2O2. The number of nitrogens with zero attached hydrogens (tertiary/aromatic N) is 1. The van der Waals surface area contributed by atoms with Crippen LogP contribution in [0.15, 0.2) is 18.3 Å². The molecule has 4 nitrogen and oxygen atoms in total. The molecule has 64 valence electrons. The number of nitrogens with one attached hydrogen (secondary N) is 1. The van der Waals surface area contributed by atoms with Crippen molar-refractivity contribution in [3.05, 3.63) is 29.6 Å². The first-order chi connectivity index (χ1) is 5.70. The molecule has 2 N–H and O–H groups in total. The van der Waals surface area contributed by atoms with Gasteiger partial charge in [0, 0.05) is 6.20 Å². The predicted molar refractivity (Wildman–Crippen MR) is 43.8 cm³/mol. The van der Waals surface area contributed by atoms with Crippen molar-refractivity contribution in [3.63, 3.8) is 0 Å². The highest BCUT2D eigenvalue weighted by Crippen LogP contribution is 2.01. The van der Waals surface area contributed by atoms with Gasteiger partial charge in [-0.2, -0.15) is 0 Å². The topological polar surface area (TPSA) is 62.2 Å². The van der Waals surface area contributed by atoms with Crippen LogP contribution < -0.4 is 5.32 Å². The lowest BCUT2D eigenvalue weighted by atomic mass is 10.2. The van der Waals surface area contributed by atoms with Gasteiger partial charge in [0.1, 0.15) is 0 Å². The molecule has 0 aromatic carbocycles. The van der Waals surface area contributed by atoms with Gasteiger partial charge in [0.25, 0.3) is 0 Å². The van der Waals surface area contributed by atoms with Gasteiger partial charge in [0.05, 0.1) is 12.2 Å². The summed E-state index contributed by atoms with van der Waals surface area (Å²) in [7, 11) is 0. The van der Waals surface area contributed by atoms with Crippen molar-refractivity contribution in [2.24, 2.45) is 0 Å². The van der Waals surface area contributed by atoms with E-state index in [0.29, 0.717) is 0 Å². The third kappa shape index (κ3) is 2.23. The van der Waals surface area contributed by atoms with Crippen LogP contribution in [0.5, 0.6) is 0 Å². The zero-order valence-electron chi connectivity index (χ0n) is 6.74. The molecule has 0 fully saturated rings.